The van der Waals surface area contributed by atoms with Gasteiger partial charge in [-0.3, -0.25) is 5.43 Å². The van der Waals surface area contributed by atoms with Crippen LogP contribution in [-0.4, -0.2) is 16.4 Å². The summed E-state index contributed by atoms with van der Waals surface area (Å²) < 4.78 is 0. The molecule has 0 fully saturated rings. The standard InChI is InChI=1S/C11H8Cl2N4/c12-9-3-1-2-8(6-9)7-14-16-11-5-4-10(13)15-17-11/h1-7H,(H,16,17)/b14-7-. The van der Waals surface area contributed by atoms with Crippen molar-refractivity contribution >= 4 is 35.2 Å². The Labute approximate surface area is 108 Å². The van der Waals surface area contributed by atoms with E-state index in [2.05, 4.69) is 20.7 Å². The average Bonchev–Trinajstić information content (AvgIpc) is 2.32. The van der Waals surface area contributed by atoms with E-state index < -0.39 is 0 Å². The maximum atomic E-state index is 5.84. The summed E-state index contributed by atoms with van der Waals surface area (Å²) in [4.78, 5) is 0. The third-order valence-electron chi connectivity index (χ3n) is 1.87. The molecule has 0 bridgehead atoms. The third kappa shape index (κ3) is 3.69. The molecule has 17 heavy (non-hydrogen) atoms. The van der Waals surface area contributed by atoms with Gasteiger partial charge in [0.05, 0.1) is 6.21 Å². The van der Waals surface area contributed by atoms with Gasteiger partial charge in [-0.05, 0) is 29.8 Å². The van der Waals surface area contributed by atoms with Crippen molar-refractivity contribution in [3.05, 3.63) is 52.1 Å². The van der Waals surface area contributed by atoms with Crippen molar-refractivity contribution < 1.29 is 0 Å². The number of nitrogens with zero attached hydrogens (tertiary/aromatic N) is 3. The van der Waals surface area contributed by atoms with Gasteiger partial charge in [-0.1, -0.05) is 35.3 Å². The van der Waals surface area contributed by atoms with Gasteiger partial charge in [0.15, 0.2) is 11.0 Å². The summed E-state index contributed by atoms with van der Waals surface area (Å²) in [6.45, 7) is 0. The fraction of sp³-hybridized carbons (Fsp3) is 0. The highest BCUT2D eigenvalue weighted by Crippen LogP contribution is 2.09. The largest absolute Gasteiger partial charge is 0.260 e. The van der Waals surface area contributed by atoms with E-state index in [4.69, 9.17) is 23.2 Å². The minimum atomic E-state index is 0.342. The molecular formula is C11H8Cl2N4. The lowest BCUT2D eigenvalue weighted by Crippen LogP contribution is -1.94. The molecule has 0 unspecified atom stereocenters. The molecule has 0 radical (unpaired) electrons. The number of rotatable bonds is 3. The Morgan fingerprint density at radius 3 is 2.71 bits per heavy atom. The Balaban J connectivity index is 2.00. The van der Waals surface area contributed by atoms with Crippen molar-refractivity contribution in [3.8, 4) is 0 Å². The van der Waals surface area contributed by atoms with E-state index in [0.717, 1.165) is 5.56 Å². The molecule has 2 rings (SSSR count). The quantitative estimate of drug-likeness (QED) is 0.686. The lowest BCUT2D eigenvalue weighted by Gasteiger charge is -1.97. The van der Waals surface area contributed by atoms with Gasteiger partial charge in [-0.25, -0.2) is 0 Å². The summed E-state index contributed by atoms with van der Waals surface area (Å²) in [6.07, 6.45) is 1.64. The molecule has 6 heteroatoms. The van der Waals surface area contributed by atoms with Crippen LogP contribution in [0.25, 0.3) is 0 Å². The predicted octanol–water partition coefficient (Wildman–Crippen LogP) is 3.23. The molecule has 0 amide bonds. The molecular weight excluding hydrogens is 259 g/mol. The number of nitrogens with one attached hydrogen (secondary N) is 1. The number of halogens is 2. The van der Waals surface area contributed by atoms with E-state index in [1.807, 2.05) is 12.1 Å². The van der Waals surface area contributed by atoms with Crippen LogP contribution in [0.1, 0.15) is 5.56 Å². The Kier molecular flexibility index (Phi) is 3.90. The van der Waals surface area contributed by atoms with Crippen LogP contribution < -0.4 is 5.43 Å². The molecule has 1 N–H and O–H groups in total. The molecule has 0 aliphatic heterocycles. The molecule has 86 valence electrons. The van der Waals surface area contributed by atoms with Crippen LogP contribution in [0.3, 0.4) is 0 Å². The molecule has 0 aliphatic carbocycles. The SMILES string of the molecule is Clc1cccc(/C=N\Nc2ccc(Cl)nn2)c1. The van der Waals surface area contributed by atoms with Gasteiger partial charge < -0.3 is 0 Å². The first-order valence-corrected chi connectivity index (χ1v) is 5.53. The zero-order valence-corrected chi connectivity index (χ0v) is 10.2. The third-order valence-corrected chi connectivity index (χ3v) is 2.31. The molecule has 0 spiro atoms. The normalized spacial score (nSPS) is 10.7. The van der Waals surface area contributed by atoms with Gasteiger partial charge in [-0.15, -0.1) is 10.2 Å². The van der Waals surface area contributed by atoms with Crippen LogP contribution >= 0.6 is 23.2 Å². The second-order valence-corrected chi connectivity index (χ2v) is 3.99. The minimum absolute atomic E-state index is 0.342. The topological polar surface area (TPSA) is 50.2 Å². The van der Waals surface area contributed by atoms with E-state index in [1.165, 1.54) is 0 Å². The monoisotopic (exact) mass is 266 g/mol. The van der Waals surface area contributed by atoms with Crippen molar-refractivity contribution in [3.63, 3.8) is 0 Å². The Morgan fingerprint density at radius 1 is 1.12 bits per heavy atom. The highest BCUT2D eigenvalue weighted by Gasteiger charge is 1.93. The van der Waals surface area contributed by atoms with Crippen molar-refractivity contribution in [2.24, 2.45) is 5.10 Å². The van der Waals surface area contributed by atoms with E-state index in [-0.39, 0.29) is 0 Å². The fourth-order valence-electron chi connectivity index (χ4n) is 1.14. The molecule has 1 aromatic heterocycles. The van der Waals surface area contributed by atoms with E-state index in [9.17, 15) is 0 Å². The molecule has 0 saturated carbocycles. The van der Waals surface area contributed by atoms with Crippen molar-refractivity contribution in [1.82, 2.24) is 10.2 Å². The highest BCUT2D eigenvalue weighted by atomic mass is 35.5. The van der Waals surface area contributed by atoms with Crippen molar-refractivity contribution in [2.75, 3.05) is 5.43 Å². The van der Waals surface area contributed by atoms with Gasteiger partial charge in [0.2, 0.25) is 0 Å². The van der Waals surface area contributed by atoms with Gasteiger partial charge >= 0.3 is 0 Å². The van der Waals surface area contributed by atoms with Gasteiger partial charge in [0.25, 0.3) is 0 Å². The summed E-state index contributed by atoms with van der Waals surface area (Å²) in [6, 6.07) is 10.7. The second-order valence-electron chi connectivity index (χ2n) is 3.17. The lowest BCUT2D eigenvalue weighted by atomic mass is 10.2. The minimum Gasteiger partial charge on any atom is -0.260 e. The predicted molar refractivity (Wildman–Crippen MR) is 69.7 cm³/mol. The van der Waals surface area contributed by atoms with E-state index in [1.54, 1.807) is 30.5 Å². The molecule has 1 aromatic carbocycles. The first-order valence-electron chi connectivity index (χ1n) is 4.78. The van der Waals surface area contributed by atoms with Crippen LogP contribution in [-0.2, 0) is 0 Å². The van der Waals surface area contributed by atoms with E-state index in [0.29, 0.717) is 16.0 Å². The number of benzene rings is 1. The number of hydrogen-bond acceptors (Lipinski definition) is 4. The fourth-order valence-corrected chi connectivity index (χ4v) is 1.43. The summed E-state index contributed by atoms with van der Waals surface area (Å²) in [7, 11) is 0. The second kappa shape index (κ2) is 5.61. The van der Waals surface area contributed by atoms with Gasteiger partial charge in [0.1, 0.15) is 0 Å². The molecule has 4 nitrogen and oxygen atoms in total. The Bertz CT molecular complexity index is 525. The average molecular weight is 267 g/mol. The number of aromatic nitrogens is 2. The van der Waals surface area contributed by atoms with Crippen LogP contribution in [0, 0.1) is 0 Å². The van der Waals surface area contributed by atoms with Crippen LogP contribution in [0.4, 0.5) is 5.82 Å². The van der Waals surface area contributed by atoms with Crippen molar-refractivity contribution in [2.45, 2.75) is 0 Å². The number of hydrazone groups is 1. The molecule has 1 heterocycles. The maximum Gasteiger partial charge on any atom is 0.168 e. The Hall–Kier alpha value is -1.65. The van der Waals surface area contributed by atoms with Crippen LogP contribution in [0.5, 0.6) is 0 Å². The summed E-state index contributed by atoms with van der Waals surface area (Å²) >= 11 is 11.4. The number of anilines is 1. The molecule has 0 saturated heterocycles. The maximum absolute atomic E-state index is 5.84. The zero-order chi connectivity index (χ0) is 12.1. The first-order chi connectivity index (χ1) is 8.24. The van der Waals surface area contributed by atoms with E-state index >= 15 is 0 Å². The van der Waals surface area contributed by atoms with Gasteiger partial charge in [-0.2, -0.15) is 5.10 Å². The van der Waals surface area contributed by atoms with Gasteiger partial charge in [0, 0.05) is 5.02 Å². The lowest BCUT2D eigenvalue weighted by molar-refractivity contribution is 1.02. The van der Waals surface area contributed by atoms with Crippen LogP contribution in [0.15, 0.2) is 41.5 Å². The zero-order valence-electron chi connectivity index (χ0n) is 8.64. The van der Waals surface area contributed by atoms with Crippen LogP contribution in [0.2, 0.25) is 10.2 Å². The molecule has 0 aliphatic rings. The summed E-state index contributed by atoms with van der Waals surface area (Å²) in [5, 5.41) is 12.5. The molecule has 0 atom stereocenters. The molecule has 2 aromatic rings. The summed E-state index contributed by atoms with van der Waals surface area (Å²) in [5.74, 6) is 0.521. The first kappa shape index (κ1) is 11.8. The number of hydrogen-bond donors (Lipinski definition) is 1. The smallest absolute Gasteiger partial charge is 0.168 e. The highest BCUT2D eigenvalue weighted by molar-refractivity contribution is 6.30. The summed E-state index contributed by atoms with van der Waals surface area (Å²) in [5.41, 5.74) is 3.63. The Morgan fingerprint density at radius 2 is 2.00 bits per heavy atom. The van der Waals surface area contributed by atoms with Crippen molar-refractivity contribution in [1.29, 1.82) is 0 Å².